The molecule has 2 heterocycles. The highest BCUT2D eigenvalue weighted by atomic mass is 32.2. The lowest BCUT2D eigenvalue weighted by Gasteiger charge is -2.21. The molecule has 0 amide bonds. The van der Waals surface area contributed by atoms with Gasteiger partial charge in [-0.25, -0.2) is 4.79 Å². The minimum absolute atomic E-state index is 0.241. The number of ether oxygens (including phenoxy) is 1. The molecule has 3 rings (SSSR count). The number of rotatable bonds is 5. The number of ketones is 1. The zero-order chi connectivity index (χ0) is 16.1. The normalized spacial score (nSPS) is 15.3. The molecule has 2 aromatic rings. The molecule has 1 saturated heterocycles. The number of benzene rings is 1. The van der Waals surface area contributed by atoms with Gasteiger partial charge >= 0.3 is 5.97 Å². The van der Waals surface area contributed by atoms with Crippen LogP contribution in [0.1, 0.15) is 37.4 Å². The molecule has 0 aliphatic carbocycles. The second-order valence-corrected chi connectivity index (χ2v) is 7.86. The van der Waals surface area contributed by atoms with Gasteiger partial charge in [-0.05, 0) is 47.8 Å². The van der Waals surface area contributed by atoms with E-state index in [9.17, 15) is 9.59 Å². The fraction of sp³-hybridized carbons (Fsp3) is 0.294. The summed E-state index contributed by atoms with van der Waals surface area (Å²) in [6.45, 7) is -0.255. The molecule has 0 radical (unpaired) electrons. The van der Waals surface area contributed by atoms with Gasteiger partial charge in [-0.2, -0.15) is 0 Å². The van der Waals surface area contributed by atoms with Crippen molar-refractivity contribution in [2.24, 2.45) is 0 Å². The van der Waals surface area contributed by atoms with Crippen LogP contribution < -0.4 is 0 Å². The maximum atomic E-state index is 12.0. The van der Waals surface area contributed by atoms with Crippen molar-refractivity contribution in [2.75, 3.05) is 18.1 Å². The van der Waals surface area contributed by atoms with Gasteiger partial charge in [0.25, 0.3) is 0 Å². The molecule has 0 atom stereocenters. The Morgan fingerprint density at radius 3 is 2.52 bits per heavy atom. The molecule has 0 bridgehead atoms. The number of Topliss-reactive ketones (excluding diaryl/α,β-unsaturated/α-hetero) is 1. The number of hydrogen-bond acceptors (Lipinski definition) is 5. The molecule has 1 aromatic heterocycles. The maximum absolute atomic E-state index is 12.0. The number of hydrogen-bond donors (Lipinski definition) is 1. The third kappa shape index (κ3) is 4.20. The van der Waals surface area contributed by atoms with E-state index in [1.807, 2.05) is 35.7 Å². The highest BCUT2D eigenvalue weighted by Gasteiger charge is 2.17. The smallest absolute Gasteiger partial charge is 0.338 e. The first-order valence-electron chi connectivity index (χ1n) is 7.41. The number of carbonyl (C=O) groups is 2. The molecule has 0 spiro atoms. The van der Waals surface area contributed by atoms with Crippen LogP contribution in [0.25, 0.3) is 0 Å². The lowest BCUT2D eigenvalue weighted by atomic mass is 10.1. The van der Waals surface area contributed by atoms with E-state index in [0.29, 0.717) is 15.8 Å². The fourth-order valence-corrected chi connectivity index (χ4v) is 5.15. The average molecular weight is 347 g/mol. The van der Waals surface area contributed by atoms with E-state index in [4.69, 9.17) is 4.74 Å². The highest BCUT2D eigenvalue weighted by Crippen LogP contribution is 2.43. The minimum atomic E-state index is -0.472. The van der Waals surface area contributed by atoms with Crippen molar-refractivity contribution in [1.29, 1.82) is 0 Å². The van der Waals surface area contributed by atoms with Crippen LogP contribution in [-0.2, 0) is 4.74 Å². The Labute approximate surface area is 143 Å². The number of nitrogens with one attached hydrogen (secondary N) is 1. The van der Waals surface area contributed by atoms with E-state index in [0.717, 1.165) is 0 Å². The van der Waals surface area contributed by atoms with Gasteiger partial charge in [-0.1, -0.05) is 12.1 Å². The van der Waals surface area contributed by atoms with Crippen LogP contribution in [0.3, 0.4) is 0 Å². The molecule has 120 valence electrons. The molecule has 0 unspecified atom stereocenters. The first-order chi connectivity index (χ1) is 11.2. The molecule has 0 saturated carbocycles. The Bertz CT molecular complexity index is 662. The summed E-state index contributed by atoms with van der Waals surface area (Å²) >= 11 is 3.88. The first kappa shape index (κ1) is 16.2. The number of H-pyrrole nitrogens is 1. The second kappa shape index (κ2) is 7.75. The zero-order valence-electron chi connectivity index (χ0n) is 12.5. The van der Waals surface area contributed by atoms with Gasteiger partial charge in [0.05, 0.1) is 15.8 Å². The monoisotopic (exact) mass is 347 g/mol. The highest BCUT2D eigenvalue weighted by molar-refractivity contribution is 8.16. The summed E-state index contributed by atoms with van der Waals surface area (Å²) in [5, 5.41) is 0. The van der Waals surface area contributed by atoms with Gasteiger partial charge < -0.3 is 9.72 Å². The summed E-state index contributed by atoms with van der Waals surface area (Å²) < 4.78 is 5.53. The predicted molar refractivity (Wildman–Crippen MR) is 94.1 cm³/mol. The van der Waals surface area contributed by atoms with E-state index in [2.05, 4.69) is 4.98 Å². The van der Waals surface area contributed by atoms with E-state index in [1.54, 1.807) is 30.5 Å². The molecular formula is C17H17NO3S2. The zero-order valence-corrected chi connectivity index (χ0v) is 14.1. The molecule has 1 fully saturated rings. The van der Waals surface area contributed by atoms with E-state index in [-0.39, 0.29) is 12.4 Å². The van der Waals surface area contributed by atoms with E-state index >= 15 is 0 Å². The van der Waals surface area contributed by atoms with Crippen LogP contribution in [0.5, 0.6) is 0 Å². The Morgan fingerprint density at radius 2 is 1.87 bits per heavy atom. The van der Waals surface area contributed by atoms with Gasteiger partial charge in [0, 0.05) is 6.20 Å². The van der Waals surface area contributed by atoms with E-state index < -0.39 is 5.97 Å². The van der Waals surface area contributed by atoms with Crippen LogP contribution in [0.2, 0.25) is 0 Å². The van der Waals surface area contributed by atoms with E-state index in [1.165, 1.54) is 23.5 Å². The van der Waals surface area contributed by atoms with Crippen LogP contribution >= 0.6 is 23.5 Å². The SMILES string of the molecule is O=C(OCC(=O)c1ccc[nH]1)c1ccc(C2SCCCS2)cc1. The number of aromatic nitrogens is 1. The fourth-order valence-electron chi connectivity index (χ4n) is 2.25. The van der Waals surface area contributed by atoms with Crippen LogP contribution in [0.4, 0.5) is 0 Å². The summed E-state index contributed by atoms with van der Waals surface area (Å²) in [5.41, 5.74) is 2.14. The molecule has 1 aliphatic heterocycles. The standard InChI is InChI=1S/C17H17NO3S2/c19-15(14-3-1-8-18-14)11-21-16(20)12-4-6-13(7-5-12)17-22-9-2-10-23-17/h1,3-8,17-18H,2,9-11H2. The van der Waals surface area contributed by atoms with Crippen molar-refractivity contribution < 1.29 is 14.3 Å². The summed E-state index contributed by atoms with van der Waals surface area (Å²) in [5.74, 6) is 1.65. The van der Waals surface area contributed by atoms with Gasteiger partial charge in [-0.3, -0.25) is 4.79 Å². The Hall–Kier alpha value is -1.66. The summed E-state index contributed by atoms with van der Waals surface area (Å²) in [6.07, 6.45) is 2.92. The van der Waals surface area contributed by atoms with Crippen molar-refractivity contribution in [2.45, 2.75) is 11.0 Å². The molecular weight excluding hydrogens is 330 g/mol. The Balaban J connectivity index is 1.56. The topological polar surface area (TPSA) is 59.2 Å². The first-order valence-corrected chi connectivity index (χ1v) is 9.50. The molecule has 4 nitrogen and oxygen atoms in total. The van der Waals surface area contributed by atoms with Gasteiger partial charge in [0.15, 0.2) is 6.61 Å². The van der Waals surface area contributed by atoms with Crippen molar-refractivity contribution in [1.82, 2.24) is 4.98 Å². The van der Waals surface area contributed by atoms with Gasteiger partial charge in [-0.15, -0.1) is 23.5 Å². The summed E-state index contributed by atoms with van der Waals surface area (Å²) in [4.78, 5) is 26.6. The summed E-state index contributed by atoms with van der Waals surface area (Å²) in [7, 11) is 0. The van der Waals surface area contributed by atoms with Crippen LogP contribution in [-0.4, -0.2) is 34.8 Å². The van der Waals surface area contributed by atoms with Gasteiger partial charge in [0.1, 0.15) is 0 Å². The third-order valence-electron chi connectivity index (χ3n) is 3.48. The third-order valence-corrected chi connectivity index (χ3v) is 6.49. The molecule has 1 aliphatic rings. The molecule has 23 heavy (non-hydrogen) atoms. The second-order valence-electron chi connectivity index (χ2n) is 5.13. The predicted octanol–water partition coefficient (Wildman–Crippen LogP) is 3.92. The van der Waals surface area contributed by atoms with Crippen molar-refractivity contribution in [3.8, 4) is 0 Å². The Morgan fingerprint density at radius 1 is 1.13 bits per heavy atom. The number of thioether (sulfide) groups is 2. The molecule has 1 N–H and O–H groups in total. The quantitative estimate of drug-likeness (QED) is 0.656. The number of aromatic amines is 1. The lowest BCUT2D eigenvalue weighted by Crippen LogP contribution is -2.14. The van der Waals surface area contributed by atoms with Crippen LogP contribution in [0.15, 0.2) is 42.6 Å². The van der Waals surface area contributed by atoms with Crippen LogP contribution in [0, 0.1) is 0 Å². The van der Waals surface area contributed by atoms with Crippen molar-refractivity contribution in [3.05, 3.63) is 59.4 Å². The Kier molecular flexibility index (Phi) is 5.46. The lowest BCUT2D eigenvalue weighted by molar-refractivity contribution is 0.0473. The largest absolute Gasteiger partial charge is 0.454 e. The van der Waals surface area contributed by atoms with Crippen molar-refractivity contribution >= 4 is 35.3 Å². The maximum Gasteiger partial charge on any atom is 0.338 e. The number of esters is 1. The molecule has 1 aromatic carbocycles. The van der Waals surface area contributed by atoms with Gasteiger partial charge in [0.2, 0.25) is 5.78 Å². The number of carbonyl (C=O) groups excluding carboxylic acids is 2. The van der Waals surface area contributed by atoms with Crippen molar-refractivity contribution in [3.63, 3.8) is 0 Å². The minimum Gasteiger partial charge on any atom is -0.454 e. The molecule has 6 heteroatoms. The summed E-state index contributed by atoms with van der Waals surface area (Å²) in [6, 6.07) is 10.9. The average Bonchev–Trinajstić information content (AvgIpc) is 3.15.